The summed E-state index contributed by atoms with van der Waals surface area (Å²) >= 11 is 0. The Morgan fingerprint density at radius 2 is 1.90 bits per heavy atom. The number of morpholine rings is 1. The Bertz CT molecular complexity index is 477. The minimum Gasteiger partial charge on any atom is -0.372 e. The van der Waals surface area contributed by atoms with Crippen molar-refractivity contribution in [2.24, 2.45) is 0 Å². The molecule has 1 saturated heterocycles. The molecule has 0 radical (unpaired) electrons. The van der Waals surface area contributed by atoms with E-state index in [2.05, 4.69) is 4.98 Å². The van der Waals surface area contributed by atoms with E-state index in [0.29, 0.717) is 13.1 Å². The number of aromatic nitrogens is 1. The van der Waals surface area contributed by atoms with Gasteiger partial charge in [0, 0.05) is 19.3 Å². The number of hydrogen-bond donors (Lipinski definition) is 0. The molecule has 0 N–H and O–H groups in total. The Labute approximate surface area is 114 Å². The minimum atomic E-state index is -4.50. The first-order chi connectivity index (χ1) is 9.27. The van der Waals surface area contributed by atoms with E-state index in [1.807, 2.05) is 13.8 Å². The highest BCUT2D eigenvalue weighted by Crippen LogP contribution is 2.27. The molecule has 2 rings (SSSR count). The Morgan fingerprint density at radius 1 is 1.30 bits per heavy atom. The van der Waals surface area contributed by atoms with Crippen molar-refractivity contribution in [3.8, 4) is 0 Å². The first-order valence-corrected chi connectivity index (χ1v) is 6.25. The number of ether oxygens (including phenoxy) is 1. The van der Waals surface area contributed by atoms with Crippen LogP contribution in [0.15, 0.2) is 18.3 Å². The van der Waals surface area contributed by atoms with Crippen LogP contribution < -0.4 is 0 Å². The molecule has 1 aromatic heterocycles. The maximum atomic E-state index is 12.4. The van der Waals surface area contributed by atoms with Gasteiger partial charge < -0.3 is 9.64 Å². The lowest BCUT2D eigenvalue weighted by atomic mass is 10.1. The molecule has 4 nitrogen and oxygen atoms in total. The summed E-state index contributed by atoms with van der Waals surface area (Å²) in [6, 6.07) is 1.98. The van der Waals surface area contributed by atoms with E-state index in [1.165, 1.54) is 0 Å². The van der Waals surface area contributed by atoms with Gasteiger partial charge in [-0.2, -0.15) is 13.2 Å². The molecule has 0 aliphatic carbocycles. The molecule has 0 aromatic carbocycles. The molecule has 0 bridgehead atoms. The van der Waals surface area contributed by atoms with Crippen LogP contribution in [0.4, 0.5) is 13.2 Å². The maximum absolute atomic E-state index is 12.4. The van der Waals surface area contributed by atoms with Crippen molar-refractivity contribution < 1.29 is 22.7 Å². The zero-order chi connectivity index (χ0) is 14.9. The smallest absolute Gasteiger partial charge is 0.372 e. The lowest BCUT2D eigenvalue weighted by Gasteiger charge is -2.35. The molecule has 1 aromatic rings. The normalized spacial score (nSPS) is 23.8. The number of amides is 1. The molecule has 1 aliphatic heterocycles. The number of pyridine rings is 1. The van der Waals surface area contributed by atoms with Gasteiger partial charge in [-0.1, -0.05) is 0 Å². The van der Waals surface area contributed by atoms with Crippen LogP contribution in [0.25, 0.3) is 0 Å². The van der Waals surface area contributed by atoms with E-state index in [4.69, 9.17) is 4.74 Å². The van der Waals surface area contributed by atoms with E-state index in [1.54, 1.807) is 4.90 Å². The number of hydrogen-bond acceptors (Lipinski definition) is 3. The Hall–Kier alpha value is -1.63. The SMILES string of the molecule is C[C@@H]1CN(C(=O)c2ccc(C(F)(F)F)nc2)C[C@H](C)O1. The van der Waals surface area contributed by atoms with Crippen molar-refractivity contribution in [2.45, 2.75) is 32.2 Å². The Morgan fingerprint density at radius 3 is 2.35 bits per heavy atom. The van der Waals surface area contributed by atoms with E-state index >= 15 is 0 Å². The molecule has 1 fully saturated rings. The van der Waals surface area contributed by atoms with Crippen molar-refractivity contribution in [3.05, 3.63) is 29.6 Å². The summed E-state index contributed by atoms with van der Waals surface area (Å²) in [5.41, 5.74) is -0.850. The highest BCUT2D eigenvalue weighted by Gasteiger charge is 2.33. The van der Waals surface area contributed by atoms with Gasteiger partial charge in [-0.3, -0.25) is 9.78 Å². The second kappa shape index (κ2) is 5.40. The first kappa shape index (κ1) is 14.8. The Kier molecular flexibility index (Phi) is 3.99. The Balaban J connectivity index is 2.13. The van der Waals surface area contributed by atoms with Gasteiger partial charge >= 0.3 is 6.18 Å². The van der Waals surface area contributed by atoms with Gasteiger partial charge in [0.2, 0.25) is 0 Å². The second-order valence-electron chi connectivity index (χ2n) is 4.90. The average molecular weight is 288 g/mol. The summed E-state index contributed by atoms with van der Waals surface area (Å²) < 4.78 is 42.7. The fourth-order valence-corrected chi connectivity index (χ4v) is 2.21. The molecule has 0 unspecified atom stereocenters. The molecule has 20 heavy (non-hydrogen) atoms. The fraction of sp³-hybridized carbons (Fsp3) is 0.538. The molecule has 1 aliphatic rings. The molecular weight excluding hydrogens is 273 g/mol. The van der Waals surface area contributed by atoms with Crippen molar-refractivity contribution >= 4 is 5.91 Å². The third-order valence-electron chi connectivity index (χ3n) is 3.01. The topological polar surface area (TPSA) is 42.4 Å². The zero-order valence-electron chi connectivity index (χ0n) is 11.1. The van der Waals surface area contributed by atoms with Gasteiger partial charge in [0.1, 0.15) is 5.69 Å². The van der Waals surface area contributed by atoms with E-state index < -0.39 is 11.9 Å². The number of halogens is 3. The van der Waals surface area contributed by atoms with E-state index in [9.17, 15) is 18.0 Å². The number of nitrogens with zero attached hydrogens (tertiary/aromatic N) is 2. The van der Waals surface area contributed by atoms with Crippen LogP contribution in [0.3, 0.4) is 0 Å². The van der Waals surface area contributed by atoms with Gasteiger partial charge in [-0.25, -0.2) is 0 Å². The van der Waals surface area contributed by atoms with Crippen LogP contribution in [0.1, 0.15) is 29.9 Å². The molecule has 0 spiro atoms. The van der Waals surface area contributed by atoms with Crippen LogP contribution >= 0.6 is 0 Å². The lowest BCUT2D eigenvalue weighted by Crippen LogP contribution is -2.48. The lowest BCUT2D eigenvalue weighted by molar-refractivity contribution is -0.141. The summed E-state index contributed by atoms with van der Waals surface area (Å²) in [6.45, 7) is 4.54. The monoisotopic (exact) mass is 288 g/mol. The highest BCUT2D eigenvalue weighted by atomic mass is 19.4. The van der Waals surface area contributed by atoms with Gasteiger partial charge in [0.15, 0.2) is 0 Å². The van der Waals surface area contributed by atoms with Crippen LogP contribution in [-0.2, 0) is 10.9 Å². The summed E-state index contributed by atoms with van der Waals surface area (Å²) in [4.78, 5) is 17.1. The third-order valence-corrected chi connectivity index (χ3v) is 3.01. The zero-order valence-corrected chi connectivity index (χ0v) is 11.1. The molecular formula is C13H15F3N2O2. The standard InChI is InChI=1S/C13H15F3N2O2/c1-8-6-18(7-9(2)20-8)12(19)10-3-4-11(17-5-10)13(14,15)16/h3-5,8-9H,6-7H2,1-2H3/t8-,9+. The number of carbonyl (C=O) groups is 1. The third kappa shape index (κ3) is 3.27. The van der Waals surface area contributed by atoms with E-state index in [-0.39, 0.29) is 23.7 Å². The predicted molar refractivity (Wildman–Crippen MR) is 65.2 cm³/mol. The summed E-state index contributed by atoms with van der Waals surface area (Å²) in [7, 11) is 0. The molecule has 2 atom stereocenters. The van der Waals surface area contributed by atoms with E-state index in [0.717, 1.165) is 18.3 Å². The van der Waals surface area contributed by atoms with Crippen LogP contribution in [0.5, 0.6) is 0 Å². The molecule has 7 heteroatoms. The quantitative estimate of drug-likeness (QED) is 0.796. The predicted octanol–water partition coefficient (Wildman–Crippen LogP) is 2.35. The van der Waals surface area contributed by atoms with Crippen LogP contribution in [0, 0.1) is 0 Å². The number of rotatable bonds is 1. The summed E-state index contributed by atoms with van der Waals surface area (Å²) in [5, 5.41) is 0. The van der Waals surface area contributed by atoms with Crippen molar-refractivity contribution in [1.29, 1.82) is 0 Å². The highest BCUT2D eigenvalue weighted by molar-refractivity contribution is 5.94. The summed E-state index contributed by atoms with van der Waals surface area (Å²) in [5.74, 6) is -0.326. The van der Waals surface area contributed by atoms with Crippen molar-refractivity contribution in [3.63, 3.8) is 0 Å². The minimum absolute atomic E-state index is 0.0925. The van der Waals surface area contributed by atoms with Gasteiger partial charge in [0.05, 0.1) is 17.8 Å². The fourth-order valence-electron chi connectivity index (χ4n) is 2.21. The van der Waals surface area contributed by atoms with Gasteiger partial charge in [0.25, 0.3) is 5.91 Å². The molecule has 110 valence electrons. The van der Waals surface area contributed by atoms with Gasteiger partial charge in [-0.15, -0.1) is 0 Å². The maximum Gasteiger partial charge on any atom is 0.433 e. The average Bonchev–Trinajstić information content (AvgIpc) is 2.36. The summed E-state index contributed by atoms with van der Waals surface area (Å²) in [6.07, 6.45) is -3.71. The van der Waals surface area contributed by atoms with Crippen LogP contribution in [-0.4, -0.2) is 41.1 Å². The number of carbonyl (C=O) groups excluding carboxylic acids is 1. The first-order valence-electron chi connectivity index (χ1n) is 6.25. The number of alkyl halides is 3. The molecule has 1 amide bonds. The van der Waals surface area contributed by atoms with Gasteiger partial charge in [-0.05, 0) is 26.0 Å². The van der Waals surface area contributed by atoms with Crippen molar-refractivity contribution in [2.75, 3.05) is 13.1 Å². The largest absolute Gasteiger partial charge is 0.433 e. The van der Waals surface area contributed by atoms with Crippen LogP contribution in [0.2, 0.25) is 0 Å². The second-order valence-corrected chi connectivity index (χ2v) is 4.90. The van der Waals surface area contributed by atoms with Crippen molar-refractivity contribution in [1.82, 2.24) is 9.88 Å². The molecule has 0 saturated carbocycles. The molecule has 2 heterocycles.